The predicted octanol–water partition coefficient (Wildman–Crippen LogP) is -1.49. The maximum Gasteiger partial charge on any atom is 0.330 e. The predicted molar refractivity (Wildman–Crippen MR) is 72.3 cm³/mol. The molecule has 1 unspecified atom stereocenters. The van der Waals surface area contributed by atoms with E-state index in [0.29, 0.717) is 0 Å². The number of aliphatic hydroxyl groups is 3. The third kappa shape index (κ3) is 2.63. The summed E-state index contributed by atoms with van der Waals surface area (Å²) in [7, 11) is 0. The van der Waals surface area contributed by atoms with E-state index in [2.05, 4.69) is 20.9 Å². The molecule has 0 amide bonds. The van der Waals surface area contributed by atoms with Crippen molar-refractivity contribution in [3.8, 4) is 0 Å². The second-order valence-electron chi connectivity index (χ2n) is 4.27. The molecule has 1 aromatic rings. The number of rotatable bonds is 3. The molecule has 0 bridgehead atoms. The minimum Gasteiger partial charge on any atom is -0.394 e. The summed E-state index contributed by atoms with van der Waals surface area (Å²) in [6, 6.07) is 0. The van der Waals surface area contributed by atoms with Crippen molar-refractivity contribution in [2.75, 3.05) is 6.61 Å². The molecule has 0 radical (unpaired) electrons. The van der Waals surface area contributed by atoms with Crippen LogP contribution >= 0.6 is 15.9 Å². The van der Waals surface area contributed by atoms with Gasteiger partial charge in [-0.2, -0.15) is 0 Å². The number of hydrogen-bond donors (Lipinski definition) is 4. The van der Waals surface area contributed by atoms with Crippen LogP contribution in [0, 0.1) is 0 Å². The fourth-order valence-corrected chi connectivity index (χ4v) is 2.27. The third-order valence-corrected chi connectivity index (χ3v) is 3.29. The summed E-state index contributed by atoms with van der Waals surface area (Å²) < 4.78 is 6.20. The van der Waals surface area contributed by atoms with Crippen LogP contribution in [0.3, 0.4) is 0 Å². The molecule has 0 saturated carbocycles. The molecule has 0 aliphatic carbocycles. The van der Waals surface area contributed by atoms with Crippen LogP contribution < -0.4 is 11.2 Å². The number of aromatic nitrogens is 2. The summed E-state index contributed by atoms with van der Waals surface area (Å²) in [6.45, 7) is -0.499. The zero-order valence-corrected chi connectivity index (χ0v) is 11.7. The van der Waals surface area contributed by atoms with Gasteiger partial charge in [-0.1, -0.05) is 15.9 Å². The van der Waals surface area contributed by atoms with Gasteiger partial charge in [0, 0.05) is 6.20 Å². The summed E-state index contributed by atoms with van der Waals surface area (Å²) in [4.78, 5) is 26.8. The van der Waals surface area contributed by atoms with Crippen molar-refractivity contribution in [3.05, 3.63) is 37.6 Å². The molecule has 1 aliphatic rings. The lowest BCUT2D eigenvalue weighted by Crippen LogP contribution is -2.38. The summed E-state index contributed by atoms with van der Waals surface area (Å²) >= 11 is 3.01. The Bertz CT molecular complexity index is 624. The third-order valence-electron chi connectivity index (χ3n) is 3.03. The van der Waals surface area contributed by atoms with Crippen molar-refractivity contribution in [2.24, 2.45) is 0 Å². The lowest BCUT2D eigenvalue weighted by molar-refractivity contribution is -0.0550. The first kappa shape index (κ1) is 15.1. The maximum atomic E-state index is 11.8. The molecule has 0 aromatic carbocycles. The van der Waals surface area contributed by atoms with Gasteiger partial charge < -0.3 is 20.1 Å². The van der Waals surface area contributed by atoms with Crippen LogP contribution in [0.1, 0.15) is 11.8 Å². The zero-order valence-electron chi connectivity index (χ0n) is 10.1. The smallest absolute Gasteiger partial charge is 0.330 e. The molecule has 4 atom stereocenters. The van der Waals surface area contributed by atoms with Gasteiger partial charge >= 0.3 is 5.69 Å². The van der Waals surface area contributed by atoms with Gasteiger partial charge in [0.2, 0.25) is 0 Å². The molecular weight excluding hydrogens is 336 g/mol. The van der Waals surface area contributed by atoms with Crippen molar-refractivity contribution in [3.63, 3.8) is 0 Å². The molecule has 2 rings (SSSR count). The van der Waals surface area contributed by atoms with Gasteiger partial charge in [0.15, 0.2) is 6.23 Å². The quantitative estimate of drug-likeness (QED) is 0.527. The van der Waals surface area contributed by atoms with Crippen LogP contribution in [0.2, 0.25) is 0 Å². The Morgan fingerprint density at radius 3 is 2.65 bits per heavy atom. The fourth-order valence-electron chi connectivity index (χ4n) is 1.99. The molecule has 20 heavy (non-hydrogen) atoms. The van der Waals surface area contributed by atoms with E-state index in [9.17, 15) is 19.8 Å². The van der Waals surface area contributed by atoms with Crippen LogP contribution in [0.15, 0.2) is 20.8 Å². The first-order valence-corrected chi connectivity index (χ1v) is 6.66. The first-order chi connectivity index (χ1) is 9.49. The van der Waals surface area contributed by atoms with Crippen molar-refractivity contribution in [2.45, 2.75) is 24.5 Å². The lowest BCUT2D eigenvalue weighted by atomic mass is 10.1. The Kier molecular flexibility index (Phi) is 4.55. The highest BCUT2D eigenvalue weighted by molar-refractivity contribution is 9.11. The van der Waals surface area contributed by atoms with E-state index in [1.807, 2.05) is 0 Å². The second-order valence-corrected chi connectivity index (χ2v) is 4.80. The van der Waals surface area contributed by atoms with Gasteiger partial charge in [-0.05, 0) is 11.1 Å². The van der Waals surface area contributed by atoms with E-state index in [0.717, 1.165) is 4.57 Å². The van der Waals surface area contributed by atoms with E-state index < -0.39 is 42.4 Å². The maximum absolute atomic E-state index is 11.8. The van der Waals surface area contributed by atoms with Crippen molar-refractivity contribution >= 4 is 22.0 Å². The number of nitrogens with zero attached hydrogens (tertiary/aromatic N) is 1. The Morgan fingerprint density at radius 2 is 2.10 bits per heavy atom. The Hall–Kier alpha value is -1.26. The number of aliphatic hydroxyl groups excluding tert-OH is 3. The summed E-state index contributed by atoms with van der Waals surface area (Å²) in [6.07, 6.45) is -2.27. The Balaban J connectivity index is 2.46. The molecule has 1 aliphatic heterocycles. The van der Waals surface area contributed by atoms with E-state index >= 15 is 0 Å². The average molecular weight is 349 g/mol. The standard InChI is InChI=1S/C11H13BrN2O6/c12-2-1-5-3-14(11(19)13-9(5)18)10-8(17)7(16)6(4-15)20-10/h1-3,6-8,10,15-17H,4H2,(H,13,18,19)/b2-1-/t6-,7-,8+,10?/m1/s1. The minimum absolute atomic E-state index is 0.166. The van der Waals surface area contributed by atoms with Crippen molar-refractivity contribution in [1.82, 2.24) is 9.55 Å². The highest BCUT2D eigenvalue weighted by atomic mass is 79.9. The van der Waals surface area contributed by atoms with E-state index in [1.165, 1.54) is 17.3 Å². The number of H-pyrrole nitrogens is 1. The van der Waals surface area contributed by atoms with E-state index in [4.69, 9.17) is 9.84 Å². The van der Waals surface area contributed by atoms with Crippen LogP contribution in [0.5, 0.6) is 0 Å². The van der Waals surface area contributed by atoms with Crippen LogP contribution in [0.25, 0.3) is 6.08 Å². The van der Waals surface area contributed by atoms with E-state index in [-0.39, 0.29) is 5.56 Å². The fraction of sp³-hybridized carbons (Fsp3) is 0.455. The molecule has 9 heteroatoms. The normalized spacial score (nSPS) is 30.2. The van der Waals surface area contributed by atoms with Gasteiger partial charge in [0.1, 0.15) is 18.3 Å². The Labute approximate surface area is 121 Å². The van der Waals surface area contributed by atoms with Crippen molar-refractivity contribution < 1.29 is 20.1 Å². The number of halogens is 1. The van der Waals surface area contributed by atoms with E-state index in [1.54, 1.807) is 0 Å². The number of aromatic amines is 1. The molecule has 1 fully saturated rings. The molecule has 2 heterocycles. The molecule has 0 spiro atoms. The summed E-state index contributed by atoms with van der Waals surface area (Å²) in [5.74, 6) is 0. The summed E-state index contributed by atoms with van der Waals surface area (Å²) in [5.41, 5.74) is -1.20. The molecular formula is C11H13BrN2O6. The first-order valence-electron chi connectivity index (χ1n) is 5.74. The highest BCUT2D eigenvalue weighted by Gasteiger charge is 2.43. The lowest BCUT2D eigenvalue weighted by Gasteiger charge is -2.17. The van der Waals surface area contributed by atoms with Gasteiger partial charge in [-0.3, -0.25) is 14.3 Å². The van der Waals surface area contributed by atoms with Crippen LogP contribution in [0.4, 0.5) is 0 Å². The Morgan fingerprint density at radius 1 is 1.40 bits per heavy atom. The van der Waals surface area contributed by atoms with Gasteiger partial charge in [0.05, 0.1) is 12.2 Å². The van der Waals surface area contributed by atoms with Gasteiger partial charge in [-0.15, -0.1) is 0 Å². The second kappa shape index (κ2) is 6.02. The summed E-state index contributed by atoms with van der Waals surface area (Å²) in [5, 5.41) is 28.5. The number of hydrogen-bond acceptors (Lipinski definition) is 6. The van der Waals surface area contributed by atoms with Crippen molar-refractivity contribution in [1.29, 1.82) is 0 Å². The van der Waals surface area contributed by atoms with Crippen LogP contribution in [-0.4, -0.2) is 49.8 Å². The zero-order chi connectivity index (χ0) is 14.9. The monoisotopic (exact) mass is 348 g/mol. The van der Waals surface area contributed by atoms with Crippen LogP contribution in [-0.2, 0) is 4.74 Å². The van der Waals surface area contributed by atoms with Gasteiger partial charge in [0.25, 0.3) is 5.56 Å². The topological polar surface area (TPSA) is 125 Å². The number of ether oxygens (including phenoxy) is 1. The SMILES string of the molecule is O=c1[nH]c(=O)n(C2O[C@H](CO)[C@@H](O)[C@@H]2O)cc1/C=C\Br. The number of nitrogens with one attached hydrogen (secondary N) is 1. The molecule has 110 valence electrons. The molecule has 4 N–H and O–H groups in total. The molecule has 1 aromatic heterocycles. The minimum atomic E-state index is -1.39. The molecule has 1 saturated heterocycles. The molecule has 8 nitrogen and oxygen atoms in total. The van der Waals surface area contributed by atoms with Gasteiger partial charge in [-0.25, -0.2) is 4.79 Å². The average Bonchev–Trinajstić information content (AvgIpc) is 2.70. The highest BCUT2D eigenvalue weighted by Crippen LogP contribution is 2.27. The largest absolute Gasteiger partial charge is 0.394 e.